The topological polar surface area (TPSA) is 87.7 Å². The minimum Gasteiger partial charge on any atom is -0.423 e. The summed E-state index contributed by atoms with van der Waals surface area (Å²) in [5.74, 6) is -0.658. The minimum atomic E-state index is -1.03. The first-order chi connectivity index (χ1) is 14.6. The Morgan fingerprint density at radius 2 is 1.67 bits per heavy atom. The van der Waals surface area contributed by atoms with Crippen LogP contribution in [0.5, 0.6) is 5.75 Å². The van der Waals surface area contributed by atoms with Crippen molar-refractivity contribution in [3.63, 3.8) is 0 Å². The van der Waals surface area contributed by atoms with Crippen LogP contribution < -0.4 is 20.3 Å². The van der Waals surface area contributed by atoms with Crippen molar-refractivity contribution in [1.29, 1.82) is 0 Å². The molecule has 156 valence electrons. The largest absolute Gasteiger partial charge is 0.423 e. The van der Waals surface area contributed by atoms with Crippen LogP contribution in [0.4, 0.5) is 16.2 Å². The van der Waals surface area contributed by atoms with Crippen LogP contribution in [0.3, 0.4) is 0 Å². The van der Waals surface area contributed by atoms with Crippen LogP contribution in [-0.2, 0) is 9.59 Å². The van der Waals surface area contributed by atoms with E-state index >= 15 is 0 Å². The molecule has 1 saturated carbocycles. The maximum atomic E-state index is 13.2. The summed E-state index contributed by atoms with van der Waals surface area (Å²) < 4.78 is 5.43. The van der Waals surface area contributed by atoms with E-state index in [-0.39, 0.29) is 24.4 Å². The highest BCUT2D eigenvalue weighted by Crippen LogP contribution is 2.35. The molecule has 0 radical (unpaired) electrons. The van der Waals surface area contributed by atoms with Crippen molar-refractivity contribution in [1.82, 2.24) is 5.32 Å². The Bertz CT molecular complexity index is 925. The first-order valence-electron chi connectivity index (χ1n) is 10.4. The number of benzene rings is 2. The summed E-state index contributed by atoms with van der Waals surface area (Å²) in [7, 11) is 0. The molecule has 30 heavy (non-hydrogen) atoms. The number of carbonyl (C=O) groups excluding carboxylic acids is 3. The zero-order valence-corrected chi connectivity index (χ0v) is 16.7. The second-order valence-corrected chi connectivity index (χ2v) is 7.68. The van der Waals surface area contributed by atoms with Crippen molar-refractivity contribution in [2.75, 3.05) is 10.2 Å². The highest BCUT2D eigenvalue weighted by Gasteiger charge is 2.40. The van der Waals surface area contributed by atoms with Gasteiger partial charge >= 0.3 is 12.0 Å². The van der Waals surface area contributed by atoms with E-state index < -0.39 is 12.0 Å². The number of esters is 1. The van der Waals surface area contributed by atoms with Crippen LogP contribution >= 0.6 is 0 Å². The van der Waals surface area contributed by atoms with E-state index in [9.17, 15) is 14.4 Å². The standard InChI is InChI=1S/C23H25N3O4/c27-21(24-16-9-3-1-4-10-16)15-19-22(28)30-20-14-8-7-13-18(20)26(19)23(29)25-17-11-5-2-6-12-17/h1,3-4,7-10,13-14,17,19H,2,5-6,11-12,15H2,(H,24,27)(H,25,29). The molecular formula is C23H25N3O4. The third kappa shape index (κ3) is 4.45. The Balaban J connectivity index is 1.55. The predicted molar refractivity (Wildman–Crippen MR) is 113 cm³/mol. The van der Waals surface area contributed by atoms with E-state index in [4.69, 9.17) is 4.74 Å². The van der Waals surface area contributed by atoms with E-state index in [1.54, 1.807) is 36.4 Å². The van der Waals surface area contributed by atoms with Crippen LogP contribution in [-0.4, -0.2) is 30.0 Å². The highest BCUT2D eigenvalue weighted by molar-refractivity contribution is 6.05. The molecule has 4 rings (SSSR count). The number of nitrogens with one attached hydrogen (secondary N) is 2. The van der Waals surface area contributed by atoms with Gasteiger partial charge in [-0.1, -0.05) is 49.6 Å². The van der Waals surface area contributed by atoms with Crippen molar-refractivity contribution >= 4 is 29.3 Å². The Morgan fingerprint density at radius 3 is 2.43 bits per heavy atom. The molecule has 7 nitrogen and oxygen atoms in total. The minimum absolute atomic E-state index is 0.0788. The summed E-state index contributed by atoms with van der Waals surface area (Å²) in [5.41, 5.74) is 1.12. The lowest BCUT2D eigenvalue weighted by Gasteiger charge is -2.36. The lowest BCUT2D eigenvalue weighted by atomic mass is 9.95. The van der Waals surface area contributed by atoms with Gasteiger partial charge in [0.25, 0.3) is 0 Å². The van der Waals surface area contributed by atoms with Gasteiger partial charge in [-0.15, -0.1) is 0 Å². The molecule has 1 fully saturated rings. The predicted octanol–water partition coefficient (Wildman–Crippen LogP) is 3.85. The summed E-state index contributed by atoms with van der Waals surface area (Å²) in [4.78, 5) is 39.9. The second kappa shape index (κ2) is 8.98. The zero-order chi connectivity index (χ0) is 20.9. The molecule has 1 heterocycles. The quantitative estimate of drug-likeness (QED) is 0.595. The molecule has 1 unspecified atom stereocenters. The highest BCUT2D eigenvalue weighted by atomic mass is 16.5. The summed E-state index contributed by atoms with van der Waals surface area (Å²) >= 11 is 0. The lowest BCUT2D eigenvalue weighted by Crippen LogP contribution is -2.56. The molecular weight excluding hydrogens is 382 g/mol. The molecule has 7 heteroatoms. The fourth-order valence-electron chi connectivity index (χ4n) is 4.02. The van der Waals surface area contributed by atoms with Crippen molar-refractivity contribution in [3.05, 3.63) is 54.6 Å². The number of carbonyl (C=O) groups is 3. The van der Waals surface area contributed by atoms with Gasteiger partial charge in [0, 0.05) is 11.7 Å². The SMILES string of the molecule is O=C(CC1C(=O)Oc2ccccc2N1C(=O)NC1CCCCC1)Nc1ccccc1. The first-order valence-corrected chi connectivity index (χ1v) is 10.4. The number of nitrogens with zero attached hydrogens (tertiary/aromatic N) is 1. The van der Waals surface area contributed by atoms with Crippen molar-refractivity contribution in [3.8, 4) is 5.75 Å². The third-order valence-electron chi connectivity index (χ3n) is 5.51. The smallest absolute Gasteiger partial charge is 0.335 e. The van der Waals surface area contributed by atoms with Crippen molar-refractivity contribution < 1.29 is 19.1 Å². The fourth-order valence-corrected chi connectivity index (χ4v) is 4.02. The average Bonchev–Trinajstić information content (AvgIpc) is 2.75. The van der Waals surface area contributed by atoms with Gasteiger partial charge in [-0.05, 0) is 37.1 Å². The second-order valence-electron chi connectivity index (χ2n) is 7.68. The van der Waals surface area contributed by atoms with Gasteiger partial charge in [-0.2, -0.15) is 0 Å². The monoisotopic (exact) mass is 407 g/mol. The van der Waals surface area contributed by atoms with Crippen LogP contribution in [0.1, 0.15) is 38.5 Å². The van der Waals surface area contributed by atoms with Gasteiger partial charge in [-0.25, -0.2) is 9.59 Å². The summed E-state index contributed by atoms with van der Waals surface area (Å²) in [6.07, 6.45) is 4.97. The maximum Gasteiger partial charge on any atom is 0.335 e. The number of hydrogen-bond donors (Lipinski definition) is 2. The Labute approximate surface area is 175 Å². The number of urea groups is 1. The van der Waals surface area contributed by atoms with E-state index in [0.29, 0.717) is 17.1 Å². The van der Waals surface area contributed by atoms with Crippen LogP contribution in [0.25, 0.3) is 0 Å². The van der Waals surface area contributed by atoms with Gasteiger partial charge in [0.15, 0.2) is 5.75 Å². The molecule has 2 aromatic rings. The van der Waals surface area contributed by atoms with Gasteiger partial charge in [0.05, 0.1) is 12.1 Å². The number of anilines is 2. The van der Waals surface area contributed by atoms with Gasteiger partial charge < -0.3 is 15.4 Å². The number of ether oxygens (including phenoxy) is 1. The molecule has 1 aliphatic carbocycles. The molecule has 1 aliphatic heterocycles. The Morgan fingerprint density at radius 1 is 0.967 bits per heavy atom. The molecule has 0 aromatic heterocycles. The fraction of sp³-hybridized carbons (Fsp3) is 0.348. The van der Waals surface area contributed by atoms with Crippen molar-refractivity contribution in [2.24, 2.45) is 0 Å². The zero-order valence-electron chi connectivity index (χ0n) is 16.7. The average molecular weight is 407 g/mol. The molecule has 0 saturated heterocycles. The number of para-hydroxylation sites is 3. The van der Waals surface area contributed by atoms with E-state index in [2.05, 4.69) is 10.6 Å². The van der Waals surface area contributed by atoms with Crippen molar-refractivity contribution in [2.45, 2.75) is 50.6 Å². The van der Waals surface area contributed by atoms with Gasteiger partial charge in [-0.3, -0.25) is 9.69 Å². The number of rotatable bonds is 4. The molecule has 0 spiro atoms. The number of hydrogen-bond acceptors (Lipinski definition) is 4. The number of fused-ring (bicyclic) bond motifs is 1. The number of amides is 3. The third-order valence-corrected chi connectivity index (χ3v) is 5.51. The molecule has 0 bridgehead atoms. The molecule has 2 aromatic carbocycles. The molecule has 2 aliphatic rings. The van der Waals surface area contributed by atoms with Crippen LogP contribution in [0.2, 0.25) is 0 Å². The van der Waals surface area contributed by atoms with Gasteiger partial charge in [0.2, 0.25) is 5.91 Å². The lowest BCUT2D eigenvalue weighted by molar-refractivity contribution is -0.138. The van der Waals surface area contributed by atoms with E-state index in [0.717, 1.165) is 25.7 Å². The first kappa shape index (κ1) is 19.9. The normalized spacial score (nSPS) is 18.9. The van der Waals surface area contributed by atoms with Crippen LogP contribution in [0, 0.1) is 0 Å². The van der Waals surface area contributed by atoms with E-state index in [1.165, 1.54) is 11.3 Å². The summed E-state index contributed by atoms with van der Waals surface area (Å²) in [5, 5.41) is 5.82. The molecule has 3 amide bonds. The molecule has 2 N–H and O–H groups in total. The Kier molecular flexibility index (Phi) is 5.97. The Hall–Kier alpha value is -3.35. The summed E-state index contributed by atoms with van der Waals surface area (Å²) in [6, 6.07) is 14.6. The van der Waals surface area contributed by atoms with E-state index in [1.807, 2.05) is 18.2 Å². The molecule has 1 atom stereocenters. The maximum absolute atomic E-state index is 13.2. The van der Waals surface area contributed by atoms with Gasteiger partial charge in [0.1, 0.15) is 6.04 Å². The summed E-state index contributed by atoms with van der Waals surface area (Å²) in [6.45, 7) is 0. The van der Waals surface area contributed by atoms with Crippen LogP contribution in [0.15, 0.2) is 54.6 Å².